The molecule has 0 aliphatic carbocycles. The van der Waals surface area contributed by atoms with E-state index in [4.69, 9.17) is 9.47 Å². The molecule has 0 aliphatic heterocycles. The summed E-state index contributed by atoms with van der Waals surface area (Å²) in [6.07, 6.45) is 0.736. The van der Waals surface area contributed by atoms with Crippen molar-refractivity contribution >= 4 is 44.1 Å². The van der Waals surface area contributed by atoms with E-state index in [1.807, 2.05) is 31.2 Å². The van der Waals surface area contributed by atoms with Gasteiger partial charge in [0.1, 0.15) is 17.2 Å². The predicted octanol–water partition coefficient (Wildman–Crippen LogP) is 4.11. The number of hydrogen-bond acceptors (Lipinski definition) is 5. The van der Waals surface area contributed by atoms with Crippen LogP contribution in [0.15, 0.2) is 28.7 Å². The molecule has 0 saturated carbocycles. The number of hydrogen-bond donors (Lipinski definition) is 1. The number of carbonyl (C=O) groups excluding carboxylic acids is 2. The van der Waals surface area contributed by atoms with Gasteiger partial charge >= 0.3 is 5.97 Å². The zero-order valence-electron chi connectivity index (χ0n) is 13.6. The van der Waals surface area contributed by atoms with E-state index >= 15 is 0 Å². The molecule has 1 aromatic carbocycles. The van der Waals surface area contributed by atoms with Gasteiger partial charge in [-0.3, -0.25) is 4.79 Å². The molecule has 0 aliphatic rings. The van der Waals surface area contributed by atoms with Gasteiger partial charge in [0, 0.05) is 22.0 Å². The summed E-state index contributed by atoms with van der Waals surface area (Å²) in [5.41, 5.74) is 2.08. The van der Waals surface area contributed by atoms with Crippen molar-refractivity contribution in [1.82, 2.24) is 0 Å². The fraction of sp³-hybridized carbons (Fsp3) is 0.294. The highest BCUT2D eigenvalue weighted by Crippen LogP contribution is 2.41. The van der Waals surface area contributed by atoms with Gasteiger partial charge in [-0.2, -0.15) is 0 Å². The number of carbonyl (C=O) groups is 2. The molecule has 2 rings (SSSR count). The molecule has 0 spiro atoms. The third-order valence-electron chi connectivity index (χ3n) is 3.35. The Morgan fingerprint density at radius 1 is 1.21 bits per heavy atom. The molecule has 1 amide bonds. The van der Waals surface area contributed by atoms with Crippen LogP contribution in [0.3, 0.4) is 0 Å². The van der Waals surface area contributed by atoms with Crippen LogP contribution in [0.5, 0.6) is 0 Å². The molecule has 0 atom stereocenters. The Kier molecular flexibility index (Phi) is 6.53. The number of thiophene rings is 1. The predicted molar refractivity (Wildman–Crippen MR) is 98.7 cm³/mol. The molecule has 7 heteroatoms. The molecular weight excluding hydrogens is 394 g/mol. The second-order valence-electron chi connectivity index (χ2n) is 4.94. The summed E-state index contributed by atoms with van der Waals surface area (Å²) in [5.74, 6) is -0.787. The number of rotatable bonds is 6. The lowest BCUT2D eigenvalue weighted by molar-refractivity contribution is -0.119. The molecule has 0 unspecified atom stereocenters. The number of nitrogens with one attached hydrogen (secondary N) is 1. The highest BCUT2D eigenvalue weighted by molar-refractivity contribution is 9.10. The van der Waals surface area contributed by atoms with Crippen LogP contribution in [0.4, 0.5) is 5.00 Å². The van der Waals surface area contributed by atoms with Gasteiger partial charge in [-0.05, 0) is 24.1 Å². The number of benzene rings is 1. The van der Waals surface area contributed by atoms with E-state index < -0.39 is 5.97 Å². The first-order chi connectivity index (χ1) is 11.5. The molecule has 128 valence electrons. The zero-order chi connectivity index (χ0) is 17.7. The van der Waals surface area contributed by atoms with Gasteiger partial charge in [-0.25, -0.2) is 4.79 Å². The molecule has 0 bridgehead atoms. The molecule has 1 heterocycles. The van der Waals surface area contributed by atoms with Crippen molar-refractivity contribution in [2.24, 2.45) is 0 Å². The summed E-state index contributed by atoms with van der Waals surface area (Å²) in [6, 6.07) is 7.68. The second kappa shape index (κ2) is 8.41. The molecule has 24 heavy (non-hydrogen) atoms. The smallest absolute Gasteiger partial charge is 0.341 e. The highest BCUT2D eigenvalue weighted by atomic mass is 79.9. The summed E-state index contributed by atoms with van der Waals surface area (Å²) in [7, 11) is 2.78. The number of methoxy groups -OCH3 is 2. The molecule has 1 N–H and O–H groups in total. The summed E-state index contributed by atoms with van der Waals surface area (Å²) in [4.78, 5) is 25.2. The van der Waals surface area contributed by atoms with Crippen molar-refractivity contribution in [2.75, 3.05) is 26.1 Å². The van der Waals surface area contributed by atoms with Crippen LogP contribution in [0.2, 0.25) is 0 Å². The molecular formula is C17H18BrNO4S. The fourth-order valence-corrected chi connectivity index (χ4v) is 3.76. The van der Waals surface area contributed by atoms with E-state index in [0.717, 1.165) is 26.9 Å². The van der Waals surface area contributed by atoms with Crippen LogP contribution in [0.1, 0.15) is 22.2 Å². The van der Waals surface area contributed by atoms with Crippen LogP contribution in [0, 0.1) is 0 Å². The Hall–Kier alpha value is -1.70. The van der Waals surface area contributed by atoms with Gasteiger partial charge in [0.05, 0.1) is 7.11 Å². The summed E-state index contributed by atoms with van der Waals surface area (Å²) in [6.45, 7) is 1.93. The van der Waals surface area contributed by atoms with Crippen LogP contribution in [0.25, 0.3) is 11.1 Å². The van der Waals surface area contributed by atoms with E-state index in [-0.39, 0.29) is 12.5 Å². The Bertz CT molecular complexity index is 740. The van der Waals surface area contributed by atoms with Gasteiger partial charge < -0.3 is 14.8 Å². The third kappa shape index (κ3) is 4.03. The van der Waals surface area contributed by atoms with Crippen LogP contribution >= 0.6 is 27.3 Å². The van der Waals surface area contributed by atoms with E-state index in [1.54, 1.807) is 0 Å². The Labute approximate surface area is 153 Å². The van der Waals surface area contributed by atoms with Gasteiger partial charge in [-0.15, -0.1) is 11.3 Å². The van der Waals surface area contributed by atoms with E-state index in [9.17, 15) is 9.59 Å². The minimum Gasteiger partial charge on any atom is -0.465 e. The topological polar surface area (TPSA) is 64.6 Å². The molecule has 5 nitrogen and oxygen atoms in total. The summed E-state index contributed by atoms with van der Waals surface area (Å²) < 4.78 is 10.7. The number of halogens is 1. The molecule has 0 fully saturated rings. The van der Waals surface area contributed by atoms with E-state index in [0.29, 0.717) is 10.6 Å². The van der Waals surface area contributed by atoms with Crippen molar-refractivity contribution in [3.8, 4) is 11.1 Å². The standard InChI is InChI=1S/C17H18BrNO4S/c1-4-12-14(10-5-7-11(18)8-6-10)15(17(21)23-3)16(24-12)19-13(20)9-22-2/h5-8H,4,9H2,1-3H3,(H,19,20). The number of aryl methyl sites for hydroxylation is 1. The van der Waals surface area contributed by atoms with Gasteiger partial charge in [0.15, 0.2) is 0 Å². The molecule has 1 aromatic heterocycles. The highest BCUT2D eigenvalue weighted by Gasteiger charge is 2.25. The van der Waals surface area contributed by atoms with E-state index in [2.05, 4.69) is 21.2 Å². The summed E-state index contributed by atoms with van der Waals surface area (Å²) in [5, 5.41) is 3.23. The average Bonchev–Trinajstić information content (AvgIpc) is 2.93. The molecule has 0 saturated heterocycles. The zero-order valence-corrected chi connectivity index (χ0v) is 16.0. The van der Waals surface area contributed by atoms with Gasteiger partial charge in [-0.1, -0.05) is 35.0 Å². The summed E-state index contributed by atoms with van der Waals surface area (Å²) >= 11 is 4.79. The number of esters is 1. The lowest BCUT2D eigenvalue weighted by Crippen LogP contribution is -2.18. The monoisotopic (exact) mass is 411 g/mol. The quantitative estimate of drug-likeness (QED) is 0.726. The third-order valence-corrected chi connectivity index (χ3v) is 5.13. The van der Waals surface area contributed by atoms with Crippen LogP contribution in [-0.2, 0) is 20.7 Å². The van der Waals surface area contributed by atoms with Crippen molar-refractivity contribution in [3.05, 3.63) is 39.2 Å². The lowest BCUT2D eigenvalue weighted by atomic mass is 10.0. The second-order valence-corrected chi connectivity index (χ2v) is 6.96. The molecule has 2 aromatic rings. The van der Waals surface area contributed by atoms with Gasteiger partial charge in [0.2, 0.25) is 0 Å². The Balaban J connectivity index is 2.59. The number of anilines is 1. The normalized spacial score (nSPS) is 10.5. The van der Waals surface area contributed by atoms with Gasteiger partial charge in [0.25, 0.3) is 5.91 Å². The van der Waals surface area contributed by atoms with Crippen LogP contribution in [-0.4, -0.2) is 32.7 Å². The van der Waals surface area contributed by atoms with Crippen molar-refractivity contribution in [1.29, 1.82) is 0 Å². The maximum Gasteiger partial charge on any atom is 0.341 e. The van der Waals surface area contributed by atoms with Crippen molar-refractivity contribution in [3.63, 3.8) is 0 Å². The fourth-order valence-electron chi connectivity index (χ4n) is 2.33. The average molecular weight is 412 g/mol. The Morgan fingerprint density at radius 3 is 2.42 bits per heavy atom. The first-order valence-corrected chi connectivity index (χ1v) is 8.91. The first kappa shape index (κ1) is 18.6. The number of ether oxygens (including phenoxy) is 2. The van der Waals surface area contributed by atoms with Crippen LogP contribution < -0.4 is 5.32 Å². The molecule has 0 radical (unpaired) electrons. The van der Waals surface area contributed by atoms with E-state index in [1.165, 1.54) is 25.6 Å². The SMILES string of the molecule is CCc1sc(NC(=O)COC)c(C(=O)OC)c1-c1ccc(Br)cc1. The lowest BCUT2D eigenvalue weighted by Gasteiger charge is -2.08. The maximum atomic E-state index is 12.4. The number of amides is 1. The minimum atomic E-state index is -0.475. The largest absolute Gasteiger partial charge is 0.465 e. The minimum absolute atomic E-state index is 0.0758. The van der Waals surface area contributed by atoms with Crippen molar-refractivity contribution in [2.45, 2.75) is 13.3 Å². The van der Waals surface area contributed by atoms with Crippen molar-refractivity contribution < 1.29 is 19.1 Å². The Morgan fingerprint density at radius 2 is 1.88 bits per heavy atom. The maximum absolute atomic E-state index is 12.4. The first-order valence-electron chi connectivity index (χ1n) is 7.30.